The molecule has 1 unspecified atom stereocenters. The smallest absolute Gasteiger partial charge is 0.231 e. The van der Waals surface area contributed by atoms with Crippen molar-refractivity contribution in [2.45, 2.75) is 32.4 Å². The van der Waals surface area contributed by atoms with Crippen LogP contribution in [0.2, 0.25) is 0 Å². The number of hydrogen-bond donors (Lipinski definition) is 1. The maximum absolute atomic E-state index is 12.6. The number of fused-ring (bicyclic) bond motifs is 2. The average molecular weight is 366 g/mol. The van der Waals surface area contributed by atoms with Crippen molar-refractivity contribution in [2.75, 3.05) is 13.3 Å². The number of nitrogens with zero attached hydrogens (tertiary/aromatic N) is 1. The van der Waals surface area contributed by atoms with E-state index >= 15 is 0 Å². The van der Waals surface area contributed by atoms with Gasteiger partial charge in [0.25, 0.3) is 0 Å². The maximum atomic E-state index is 12.6. The monoisotopic (exact) mass is 366 g/mol. The summed E-state index contributed by atoms with van der Waals surface area (Å²) in [7, 11) is 0. The van der Waals surface area contributed by atoms with Crippen molar-refractivity contribution in [1.29, 1.82) is 0 Å². The number of carbonyl (C=O) groups is 2. The van der Waals surface area contributed by atoms with E-state index in [1.807, 2.05) is 36.4 Å². The standard InChI is InChI=1S/C21H22N2O4/c1-14(24)23-9-8-16-4-2-3-5-17(16)18(23)11-21(25)22-12-15-6-7-19-20(10-15)27-13-26-19/h2-7,10,18H,8-9,11-13H2,1H3,(H,22,25). The van der Waals surface area contributed by atoms with Crippen molar-refractivity contribution in [2.24, 2.45) is 0 Å². The third kappa shape index (κ3) is 3.60. The highest BCUT2D eigenvalue weighted by Gasteiger charge is 2.30. The molecule has 0 radical (unpaired) electrons. The highest BCUT2D eigenvalue weighted by Crippen LogP contribution is 2.33. The fraction of sp³-hybridized carbons (Fsp3) is 0.333. The largest absolute Gasteiger partial charge is 0.454 e. The molecule has 2 amide bonds. The van der Waals surface area contributed by atoms with Crippen molar-refractivity contribution in [1.82, 2.24) is 10.2 Å². The van der Waals surface area contributed by atoms with Crippen LogP contribution < -0.4 is 14.8 Å². The molecule has 0 aliphatic carbocycles. The summed E-state index contributed by atoms with van der Waals surface area (Å²) >= 11 is 0. The summed E-state index contributed by atoms with van der Waals surface area (Å²) in [4.78, 5) is 26.4. The predicted molar refractivity (Wildman–Crippen MR) is 99.3 cm³/mol. The van der Waals surface area contributed by atoms with E-state index in [2.05, 4.69) is 11.4 Å². The molecule has 1 N–H and O–H groups in total. The maximum Gasteiger partial charge on any atom is 0.231 e. The number of nitrogens with one attached hydrogen (secondary N) is 1. The first-order valence-corrected chi connectivity index (χ1v) is 9.12. The Morgan fingerprint density at radius 3 is 2.81 bits per heavy atom. The van der Waals surface area contributed by atoms with E-state index < -0.39 is 0 Å². The number of carbonyl (C=O) groups excluding carboxylic acids is 2. The third-order valence-corrected chi connectivity index (χ3v) is 5.12. The number of ether oxygens (including phenoxy) is 2. The SMILES string of the molecule is CC(=O)N1CCc2ccccc2C1CC(=O)NCc1ccc2c(c1)OCO2. The van der Waals surface area contributed by atoms with E-state index in [1.165, 1.54) is 5.56 Å². The Bertz CT molecular complexity index is 880. The minimum atomic E-state index is -0.218. The third-order valence-electron chi connectivity index (χ3n) is 5.12. The minimum absolute atomic E-state index is 0.00178. The quantitative estimate of drug-likeness (QED) is 0.903. The molecule has 4 rings (SSSR count). The Morgan fingerprint density at radius 2 is 1.96 bits per heavy atom. The van der Waals surface area contributed by atoms with Crippen LogP contribution in [0.25, 0.3) is 0 Å². The molecule has 0 aromatic heterocycles. The van der Waals surface area contributed by atoms with Gasteiger partial charge in [-0.2, -0.15) is 0 Å². The van der Waals surface area contributed by atoms with Crippen molar-refractivity contribution in [3.63, 3.8) is 0 Å². The molecule has 0 saturated heterocycles. The lowest BCUT2D eigenvalue weighted by Gasteiger charge is -2.36. The molecule has 2 aliphatic rings. The summed E-state index contributed by atoms with van der Waals surface area (Å²) in [5, 5.41) is 2.95. The second-order valence-electron chi connectivity index (χ2n) is 6.85. The lowest BCUT2D eigenvalue weighted by Crippen LogP contribution is -2.41. The summed E-state index contributed by atoms with van der Waals surface area (Å²) in [6, 6.07) is 13.5. The highest BCUT2D eigenvalue weighted by molar-refractivity contribution is 5.79. The Kier molecular flexibility index (Phi) is 4.71. The van der Waals surface area contributed by atoms with Crippen LogP contribution in [-0.4, -0.2) is 30.1 Å². The molecule has 6 heteroatoms. The Balaban J connectivity index is 1.44. The molecule has 27 heavy (non-hydrogen) atoms. The van der Waals surface area contributed by atoms with Crippen LogP contribution in [0.15, 0.2) is 42.5 Å². The summed E-state index contributed by atoms with van der Waals surface area (Å²) < 4.78 is 10.7. The van der Waals surface area contributed by atoms with Crippen LogP contribution in [0.5, 0.6) is 11.5 Å². The second-order valence-corrected chi connectivity index (χ2v) is 6.85. The molecule has 0 fully saturated rings. The van der Waals surface area contributed by atoms with E-state index in [0.29, 0.717) is 18.8 Å². The van der Waals surface area contributed by atoms with Gasteiger partial charge in [-0.05, 0) is 35.2 Å². The van der Waals surface area contributed by atoms with Gasteiger partial charge in [-0.15, -0.1) is 0 Å². The number of hydrogen-bond acceptors (Lipinski definition) is 4. The lowest BCUT2D eigenvalue weighted by atomic mass is 9.90. The Morgan fingerprint density at radius 1 is 1.15 bits per heavy atom. The fourth-order valence-electron chi connectivity index (χ4n) is 3.75. The van der Waals surface area contributed by atoms with Gasteiger partial charge in [0.1, 0.15) is 0 Å². The van der Waals surface area contributed by atoms with Crippen LogP contribution in [0.3, 0.4) is 0 Å². The zero-order valence-electron chi connectivity index (χ0n) is 15.2. The van der Waals surface area contributed by atoms with Crippen molar-refractivity contribution in [3.05, 3.63) is 59.2 Å². The molecule has 2 heterocycles. The molecule has 140 valence electrons. The molecule has 1 atom stereocenters. The first-order chi connectivity index (χ1) is 13.1. The summed E-state index contributed by atoms with van der Waals surface area (Å²) in [6.45, 7) is 2.84. The van der Waals surface area contributed by atoms with Gasteiger partial charge >= 0.3 is 0 Å². The van der Waals surface area contributed by atoms with Gasteiger partial charge in [-0.1, -0.05) is 30.3 Å². The van der Waals surface area contributed by atoms with Gasteiger partial charge in [0.2, 0.25) is 18.6 Å². The normalized spacial score (nSPS) is 17.4. The van der Waals surface area contributed by atoms with Gasteiger partial charge in [0.05, 0.1) is 12.5 Å². The molecule has 2 aromatic carbocycles. The fourth-order valence-corrected chi connectivity index (χ4v) is 3.75. The Labute approximate surface area is 158 Å². The van der Waals surface area contributed by atoms with Crippen LogP contribution in [0.4, 0.5) is 0 Å². The van der Waals surface area contributed by atoms with Crippen LogP contribution in [0.1, 0.15) is 36.1 Å². The zero-order valence-corrected chi connectivity index (χ0v) is 15.2. The van der Waals surface area contributed by atoms with E-state index in [-0.39, 0.29) is 31.1 Å². The van der Waals surface area contributed by atoms with Crippen LogP contribution in [0, 0.1) is 0 Å². The molecule has 0 spiro atoms. The molecule has 2 aromatic rings. The van der Waals surface area contributed by atoms with Crippen molar-refractivity contribution >= 4 is 11.8 Å². The zero-order chi connectivity index (χ0) is 18.8. The molecule has 2 aliphatic heterocycles. The lowest BCUT2D eigenvalue weighted by molar-refractivity contribution is -0.133. The summed E-state index contributed by atoms with van der Waals surface area (Å²) in [6.07, 6.45) is 1.08. The van der Waals surface area contributed by atoms with Crippen LogP contribution >= 0.6 is 0 Å². The van der Waals surface area contributed by atoms with Gasteiger partial charge in [-0.3, -0.25) is 9.59 Å². The van der Waals surface area contributed by atoms with Gasteiger partial charge in [0, 0.05) is 20.0 Å². The topological polar surface area (TPSA) is 67.9 Å². The van der Waals surface area contributed by atoms with Gasteiger partial charge < -0.3 is 19.7 Å². The molecule has 6 nitrogen and oxygen atoms in total. The van der Waals surface area contributed by atoms with Crippen LogP contribution in [-0.2, 0) is 22.6 Å². The second kappa shape index (κ2) is 7.31. The van der Waals surface area contributed by atoms with Crippen molar-refractivity contribution < 1.29 is 19.1 Å². The molecule has 0 saturated carbocycles. The first-order valence-electron chi connectivity index (χ1n) is 9.12. The number of benzene rings is 2. The number of rotatable bonds is 4. The first kappa shape index (κ1) is 17.4. The summed E-state index contributed by atoms with van der Waals surface area (Å²) in [5.74, 6) is 1.34. The molecular formula is C21H22N2O4. The van der Waals surface area contributed by atoms with E-state index in [4.69, 9.17) is 9.47 Å². The van der Waals surface area contributed by atoms with E-state index in [0.717, 1.165) is 23.3 Å². The Hall–Kier alpha value is -3.02. The predicted octanol–water partition coefficient (Wildman–Crippen LogP) is 2.57. The van der Waals surface area contributed by atoms with E-state index in [1.54, 1.807) is 11.8 Å². The highest BCUT2D eigenvalue weighted by atomic mass is 16.7. The average Bonchev–Trinajstić information content (AvgIpc) is 3.14. The molecular weight excluding hydrogens is 344 g/mol. The van der Waals surface area contributed by atoms with Gasteiger partial charge in [-0.25, -0.2) is 0 Å². The van der Waals surface area contributed by atoms with Gasteiger partial charge in [0.15, 0.2) is 11.5 Å². The number of amides is 2. The molecule has 0 bridgehead atoms. The summed E-state index contributed by atoms with van der Waals surface area (Å²) in [5.41, 5.74) is 3.22. The minimum Gasteiger partial charge on any atom is -0.454 e. The van der Waals surface area contributed by atoms with Crippen molar-refractivity contribution in [3.8, 4) is 11.5 Å². The van der Waals surface area contributed by atoms with E-state index in [9.17, 15) is 9.59 Å².